The Morgan fingerprint density at radius 3 is 2.20 bits per heavy atom. The molecule has 1 aliphatic rings. The molecule has 0 bridgehead atoms. The third-order valence-electron chi connectivity index (χ3n) is 9.33. The predicted molar refractivity (Wildman–Crippen MR) is 187 cm³/mol. The van der Waals surface area contributed by atoms with Crippen molar-refractivity contribution in [3.63, 3.8) is 0 Å². The Hall–Kier alpha value is -5.31. The largest absolute Gasteiger partial charge is 1.00 e. The van der Waals surface area contributed by atoms with Crippen LogP contribution in [0.15, 0.2) is 97.0 Å². The first kappa shape index (κ1) is 40.9. The van der Waals surface area contributed by atoms with Crippen LogP contribution in [0.1, 0.15) is 60.0 Å². The number of hydrogen-bond acceptors (Lipinski definition) is 8. The number of pyridine rings is 2. The molecule has 0 aliphatic carbocycles. The van der Waals surface area contributed by atoms with Crippen LogP contribution < -0.4 is 37.1 Å². The van der Waals surface area contributed by atoms with Gasteiger partial charge in [-0.2, -0.15) is 26.3 Å². The summed E-state index contributed by atoms with van der Waals surface area (Å²) in [4.78, 5) is 33.2. The lowest BCUT2D eigenvalue weighted by Crippen LogP contribution is -3.00. The first-order chi connectivity index (χ1) is 25.7. The number of ether oxygens (including phenoxy) is 1. The van der Waals surface area contributed by atoms with Crippen LogP contribution >= 0.6 is 0 Å². The van der Waals surface area contributed by atoms with Gasteiger partial charge in [-0.1, -0.05) is 37.3 Å². The van der Waals surface area contributed by atoms with Crippen molar-refractivity contribution in [3.8, 4) is 17.0 Å². The van der Waals surface area contributed by atoms with E-state index < -0.39 is 41.4 Å². The summed E-state index contributed by atoms with van der Waals surface area (Å²) in [5, 5.41) is 1.31. The Labute approximate surface area is 323 Å². The molecule has 0 fully saturated rings. The molecule has 16 heteroatoms. The number of alkyl halides is 6. The van der Waals surface area contributed by atoms with Gasteiger partial charge in [-0.15, -0.1) is 0 Å². The fraction of sp³-hybridized carbons (Fsp3) is 0.282. The average molecular weight is 830 g/mol. The van der Waals surface area contributed by atoms with Crippen LogP contribution in [0.3, 0.4) is 0 Å². The molecule has 2 aromatic carbocycles. The van der Waals surface area contributed by atoms with E-state index in [1.54, 1.807) is 19.9 Å². The number of hydroxylamine groups is 1. The van der Waals surface area contributed by atoms with Gasteiger partial charge in [0.25, 0.3) is 0 Å². The molecule has 5 aromatic rings. The minimum absolute atomic E-state index is 0. The van der Waals surface area contributed by atoms with Gasteiger partial charge in [0.05, 0.1) is 53.3 Å². The number of nitrogens with zero attached hydrogens (tertiary/aromatic N) is 5. The molecular weight excluding hydrogens is 794 g/mol. The van der Waals surface area contributed by atoms with Crippen molar-refractivity contribution in [1.82, 2.24) is 15.0 Å². The zero-order valence-electron chi connectivity index (χ0n) is 29.7. The van der Waals surface area contributed by atoms with Crippen molar-refractivity contribution in [2.24, 2.45) is 0 Å². The second-order valence-corrected chi connectivity index (χ2v) is 12.7. The molecule has 1 aliphatic heterocycles. The van der Waals surface area contributed by atoms with Crippen LogP contribution in [0.5, 0.6) is 5.88 Å². The molecule has 3 aromatic heterocycles. The van der Waals surface area contributed by atoms with Crippen molar-refractivity contribution in [1.29, 1.82) is 0 Å². The molecule has 0 radical (unpaired) electrons. The lowest BCUT2D eigenvalue weighted by Gasteiger charge is -2.49. The minimum Gasteiger partial charge on any atom is -1.00 e. The van der Waals surface area contributed by atoms with E-state index in [1.165, 1.54) is 24.4 Å². The highest BCUT2D eigenvalue weighted by atomic mass is 79.9. The number of fused-ring (bicyclic) bond motifs is 1. The van der Waals surface area contributed by atoms with Crippen molar-refractivity contribution >= 4 is 17.4 Å². The lowest BCUT2D eigenvalue weighted by molar-refractivity contribution is -0.687. The SMILES string of the molecule is CCON1c2ccc(OC)nc2[C@@H](c2ncc(-c3ccc[n+](Cc4ccccc4)c3)c(N)n2)C(=C=O)[C@@]1(CC)Cc1cc(C(F)(F)F)cc(C(F)(F)F)c1.[Br-]. The summed E-state index contributed by atoms with van der Waals surface area (Å²) in [5.41, 5.74) is 4.12. The monoisotopic (exact) mass is 828 g/mol. The smallest absolute Gasteiger partial charge is 0.416 e. The van der Waals surface area contributed by atoms with Crippen molar-refractivity contribution in [2.75, 3.05) is 24.5 Å². The molecule has 2 N–H and O–H groups in total. The molecular formula is C39H35BrF6N6O3. The Kier molecular flexibility index (Phi) is 12.0. The van der Waals surface area contributed by atoms with Crippen LogP contribution in [-0.2, 0) is 35.0 Å². The summed E-state index contributed by atoms with van der Waals surface area (Å²) >= 11 is 0. The standard InChI is InChI=1S/C39H35F6N6O3.BrH/c1-4-37(19-25-16-27(38(40,41)42)18-28(17-25)39(43,44)45)30(23-52)33(34-31(51(37)54-5-2)13-14-32(48-34)53-3)36-47-20-29(35(46)49-36)26-12-9-15-50(22-26)21-24-10-7-6-8-11-24;/h6-18,20,22,33H,4-5,19,21H2,1-3H3,(H2,46,47,49);1H/q+1;/p-1/t33-,37+;/m0./s1. The van der Waals surface area contributed by atoms with Gasteiger partial charge in [-0.3, -0.25) is 4.84 Å². The lowest BCUT2D eigenvalue weighted by atomic mass is 9.71. The molecule has 288 valence electrons. The van der Waals surface area contributed by atoms with E-state index in [0.717, 1.165) is 5.56 Å². The van der Waals surface area contributed by atoms with Gasteiger partial charge in [0, 0.05) is 35.9 Å². The highest BCUT2D eigenvalue weighted by Gasteiger charge is 2.53. The number of hydrogen-bond donors (Lipinski definition) is 1. The quantitative estimate of drug-likeness (QED) is 0.124. The predicted octanol–water partition coefficient (Wildman–Crippen LogP) is 4.56. The number of rotatable bonds is 10. The summed E-state index contributed by atoms with van der Waals surface area (Å²) in [6.07, 6.45) is -5.46. The van der Waals surface area contributed by atoms with Gasteiger partial charge in [0.2, 0.25) is 5.88 Å². The van der Waals surface area contributed by atoms with Crippen molar-refractivity contribution < 1.29 is 62.3 Å². The minimum atomic E-state index is -5.09. The number of methoxy groups -OCH3 is 1. The zero-order valence-corrected chi connectivity index (χ0v) is 31.3. The van der Waals surface area contributed by atoms with Crippen LogP contribution in [0.4, 0.5) is 37.8 Å². The van der Waals surface area contributed by atoms with E-state index in [4.69, 9.17) is 15.3 Å². The summed E-state index contributed by atoms with van der Waals surface area (Å²) in [6, 6.07) is 17.9. The fourth-order valence-corrected chi connectivity index (χ4v) is 6.85. The summed E-state index contributed by atoms with van der Waals surface area (Å²) < 4.78 is 91.2. The molecule has 55 heavy (non-hydrogen) atoms. The number of anilines is 2. The van der Waals surface area contributed by atoms with Crippen LogP contribution in [0.2, 0.25) is 0 Å². The normalized spacial score (nSPS) is 16.9. The molecule has 0 spiro atoms. The molecule has 0 saturated heterocycles. The molecule has 2 atom stereocenters. The topological polar surface area (TPSA) is 107 Å². The Bertz CT molecular complexity index is 2180. The van der Waals surface area contributed by atoms with Crippen LogP contribution in [0.25, 0.3) is 11.1 Å². The van der Waals surface area contributed by atoms with Gasteiger partial charge < -0.3 is 27.5 Å². The third-order valence-corrected chi connectivity index (χ3v) is 9.33. The van der Waals surface area contributed by atoms with E-state index in [9.17, 15) is 31.1 Å². The number of halogens is 7. The maximum absolute atomic E-state index is 14.0. The first-order valence-electron chi connectivity index (χ1n) is 16.9. The highest BCUT2D eigenvalue weighted by molar-refractivity contribution is 5.75. The number of carbonyl (C=O) groups excluding carboxylic acids is 1. The number of aromatic nitrogens is 4. The molecule has 0 amide bonds. The van der Waals surface area contributed by atoms with Gasteiger partial charge in [0.15, 0.2) is 18.9 Å². The number of benzene rings is 2. The Morgan fingerprint density at radius 1 is 0.927 bits per heavy atom. The molecule has 0 unspecified atom stereocenters. The van der Waals surface area contributed by atoms with E-state index in [2.05, 4.69) is 15.0 Å². The third kappa shape index (κ3) is 8.21. The summed E-state index contributed by atoms with van der Waals surface area (Å²) in [7, 11) is 1.39. The highest BCUT2D eigenvalue weighted by Crippen LogP contribution is 2.51. The van der Waals surface area contributed by atoms with Crippen LogP contribution in [-0.4, -0.2) is 40.1 Å². The summed E-state index contributed by atoms with van der Waals surface area (Å²) in [5.74, 6) is 0.944. The Balaban J connectivity index is 0.00000580. The van der Waals surface area contributed by atoms with Gasteiger partial charge >= 0.3 is 12.4 Å². The zero-order chi connectivity index (χ0) is 38.8. The molecule has 6 rings (SSSR count). The van der Waals surface area contributed by atoms with E-state index in [-0.39, 0.29) is 76.1 Å². The molecule has 0 saturated carbocycles. The second-order valence-electron chi connectivity index (χ2n) is 12.7. The first-order valence-corrected chi connectivity index (χ1v) is 16.9. The van der Waals surface area contributed by atoms with Gasteiger partial charge in [0.1, 0.15) is 23.1 Å². The van der Waals surface area contributed by atoms with Gasteiger partial charge in [-0.25, -0.2) is 29.4 Å². The maximum Gasteiger partial charge on any atom is 0.416 e. The fourth-order valence-electron chi connectivity index (χ4n) is 6.85. The second kappa shape index (κ2) is 16.2. The van der Waals surface area contributed by atoms with Gasteiger partial charge in [-0.05, 0) is 49.2 Å². The average Bonchev–Trinajstić information content (AvgIpc) is 3.14. The van der Waals surface area contributed by atoms with E-state index in [0.29, 0.717) is 29.8 Å². The molecule has 9 nitrogen and oxygen atoms in total. The Morgan fingerprint density at radius 2 is 1.62 bits per heavy atom. The van der Waals surface area contributed by atoms with E-state index >= 15 is 0 Å². The van der Waals surface area contributed by atoms with Crippen LogP contribution in [0, 0.1) is 0 Å². The van der Waals surface area contributed by atoms with Crippen molar-refractivity contribution in [3.05, 3.63) is 131 Å². The van der Waals surface area contributed by atoms with Crippen molar-refractivity contribution in [2.45, 2.75) is 57.0 Å². The summed E-state index contributed by atoms with van der Waals surface area (Å²) in [6.45, 7) is 3.88. The van der Waals surface area contributed by atoms with E-state index in [1.807, 2.05) is 65.4 Å². The number of nitrogens with two attached hydrogens (primary N) is 1. The molecule has 4 heterocycles. The number of nitrogen functional groups attached to an aromatic ring is 1. The maximum atomic E-state index is 14.0.